The lowest BCUT2D eigenvalue weighted by Crippen LogP contribution is -2.39. The van der Waals surface area contributed by atoms with E-state index in [2.05, 4.69) is 10.2 Å². The van der Waals surface area contributed by atoms with Crippen molar-refractivity contribution in [2.45, 2.75) is 31.7 Å². The van der Waals surface area contributed by atoms with Gasteiger partial charge in [0.1, 0.15) is 4.83 Å². The Labute approximate surface area is 143 Å². The molecule has 1 saturated heterocycles. The zero-order valence-electron chi connectivity index (χ0n) is 13.2. The molecule has 0 bridgehead atoms. The van der Waals surface area contributed by atoms with Gasteiger partial charge in [0.2, 0.25) is 0 Å². The summed E-state index contributed by atoms with van der Waals surface area (Å²) in [5, 5.41) is 4.23. The van der Waals surface area contributed by atoms with E-state index in [0.717, 1.165) is 32.6 Å². The van der Waals surface area contributed by atoms with Gasteiger partial charge in [-0.25, -0.2) is 4.98 Å². The number of ether oxygens (including phenoxy) is 1. The number of thiophene rings is 1. The SMILES string of the molecule is COCC(NC(=O)c1cc2sc(N3CCCC3)nc2s1)C1CC1. The summed E-state index contributed by atoms with van der Waals surface area (Å²) in [6.07, 6.45) is 4.88. The fraction of sp³-hybridized carbons (Fsp3) is 0.625. The number of thiazole rings is 1. The first-order valence-corrected chi connectivity index (χ1v) is 9.83. The van der Waals surface area contributed by atoms with Gasteiger partial charge in [-0.1, -0.05) is 11.3 Å². The Bertz CT molecular complexity index is 670. The third-order valence-corrected chi connectivity index (χ3v) is 6.75. The van der Waals surface area contributed by atoms with Gasteiger partial charge in [0, 0.05) is 20.2 Å². The number of methoxy groups -OCH3 is 1. The molecule has 1 amide bonds. The second kappa shape index (κ2) is 6.37. The molecule has 2 aromatic rings. The highest BCUT2D eigenvalue weighted by Crippen LogP contribution is 2.36. The largest absolute Gasteiger partial charge is 0.383 e. The van der Waals surface area contributed by atoms with Gasteiger partial charge < -0.3 is 15.0 Å². The average Bonchev–Trinajstić information content (AvgIpc) is 2.95. The summed E-state index contributed by atoms with van der Waals surface area (Å²) in [5.41, 5.74) is 0. The number of carbonyl (C=O) groups excluding carboxylic acids is 1. The zero-order valence-corrected chi connectivity index (χ0v) is 14.8. The molecule has 124 valence electrons. The Balaban J connectivity index is 1.47. The predicted molar refractivity (Wildman–Crippen MR) is 94.8 cm³/mol. The molecular formula is C16H21N3O2S2. The van der Waals surface area contributed by atoms with Crippen LogP contribution in [0.15, 0.2) is 6.07 Å². The fourth-order valence-electron chi connectivity index (χ4n) is 3.09. The van der Waals surface area contributed by atoms with E-state index < -0.39 is 0 Å². The van der Waals surface area contributed by atoms with Crippen LogP contribution in [0.2, 0.25) is 0 Å². The van der Waals surface area contributed by atoms with Crippen molar-refractivity contribution >= 4 is 43.2 Å². The first-order chi connectivity index (χ1) is 11.2. The van der Waals surface area contributed by atoms with E-state index in [9.17, 15) is 4.79 Å². The number of aromatic nitrogens is 1. The molecule has 1 aliphatic carbocycles. The quantitative estimate of drug-likeness (QED) is 0.869. The standard InChI is InChI=1S/C16H21N3O2S2/c1-21-9-11(10-4-5-10)17-14(20)12-8-13-15(22-12)18-16(23-13)19-6-2-3-7-19/h8,10-11H,2-7,9H2,1H3,(H,17,20). The summed E-state index contributed by atoms with van der Waals surface area (Å²) in [4.78, 5) is 21.3. The number of amides is 1. The molecule has 1 N–H and O–H groups in total. The van der Waals surface area contributed by atoms with Crippen LogP contribution in [0.25, 0.3) is 9.53 Å². The lowest BCUT2D eigenvalue weighted by atomic mass is 10.2. The van der Waals surface area contributed by atoms with E-state index in [1.54, 1.807) is 18.4 Å². The minimum atomic E-state index is 0.0110. The van der Waals surface area contributed by atoms with Crippen molar-refractivity contribution in [2.75, 3.05) is 31.7 Å². The van der Waals surface area contributed by atoms with Crippen molar-refractivity contribution in [3.63, 3.8) is 0 Å². The number of rotatable bonds is 6. The van der Waals surface area contributed by atoms with Gasteiger partial charge in [0.25, 0.3) is 5.91 Å². The molecule has 2 fully saturated rings. The van der Waals surface area contributed by atoms with E-state index in [4.69, 9.17) is 9.72 Å². The van der Waals surface area contributed by atoms with Crippen LogP contribution in [0.4, 0.5) is 5.13 Å². The predicted octanol–water partition coefficient (Wildman–Crippen LogP) is 3.11. The zero-order chi connectivity index (χ0) is 15.8. The van der Waals surface area contributed by atoms with Crippen LogP contribution >= 0.6 is 22.7 Å². The van der Waals surface area contributed by atoms with E-state index >= 15 is 0 Å². The summed E-state index contributed by atoms with van der Waals surface area (Å²) in [6.45, 7) is 2.80. The minimum Gasteiger partial charge on any atom is -0.383 e. The first-order valence-electron chi connectivity index (χ1n) is 8.19. The molecule has 2 aromatic heterocycles. The number of fused-ring (bicyclic) bond motifs is 1. The Hall–Kier alpha value is -1.18. The van der Waals surface area contributed by atoms with Crippen LogP contribution in [0.3, 0.4) is 0 Å². The molecule has 5 nitrogen and oxygen atoms in total. The molecule has 1 saturated carbocycles. The number of nitrogens with zero attached hydrogens (tertiary/aromatic N) is 2. The van der Waals surface area contributed by atoms with Crippen LogP contribution in [0.1, 0.15) is 35.4 Å². The van der Waals surface area contributed by atoms with Crippen LogP contribution < -0.4 is 10.2 Å². The molecule has 0 radical (unpaired) electrons. The molecule has 1 aliphatic heterocycles. The molecule has 7 heteroatoms. The average molecular weight is 351 g/mol. The van der Waals surface area contributed by atoms with Gasteiger partial charge in [-0.15, -0.1) is 11.3 Å². The summed E-state index contributed by atoms with van der Waals surface area (Å²) in [5.74, 6) is 0.594. The minimum absolute atomic E-state index is 0.0110. The summed E-state index contributed by atoms with van der Waals surface area (Å²) < 4.78 is 6.35. The molecule has 1 atom stereocenters. The van der Waals surface area contributed by atoms with Crippen molar-refractivity contribution < 1.29 is 9.53 Å². The van der Waals surface area contributed by atoms with E-state index in [1.807, 2.05) is 6.07 Å². The van der Waals surface area contributed by atoms with Crippen molar-refractivity contribution in [2.24, 2.45) is 5.92 Å². The number of anilines is 1. The van der Waals surface area contributed by atoms with Gasteiger partial charge in [-0.3, -0.25) is 4.79 Å². The second-order valence-corrected chi connectivity index (χ2v) is 8.38. The van der Waals surface area contributed by atoms with Gasteiger partial charge in [-0.2, -0.15) is 0 Å². The number of hydrogen-bond donors (Lipinski definition) is 1. The molecule has 2 aliphatic rings. The lowest BCUT2D eigenvalue weighted by Gasteiger charge is -2.16. The number of nitrogens with one attached hydrogen (secondary N) is 1. The lowest BCUT2D eigenvalue weighted by molar-refractivity contribution is 0.0888. The van der Waals surface area contributed by atoms with E-state index in [1.165, 1.54) is 37.0 Å². The van der Waals surface area contributed by atoms with Crippen LogP contribution in [-0.4, -0.2) is 43.7 Å². The normalized spacial score (nSPS) is 19.4. The smallest absolute Gasteiger partial charge is 0.261 e. The third kappa shape index (κ3) is 3.22. The summed E-state index contributed by atoms with van der Waals surface area (Å²) in [7, 11) is 1.69. The third-order valence-electron chi connectivity index (χ3n) is 4.53. The number of carbonyl (C=O) groups is 1. The van der Waals surface area contributed by atoms with Crippen molar-refractivity contribution in [1.29, 1.82) is 0 Å². The monoisotopic (exact) mass is 351 g/mol. The summed E-state index contributed by atoms with van der Waals surface area (Å²) in [6, 6.07) is 2.13. The van der Waals surface area contributed by atoms with Crippen LogP contribution in [-0.2, 0) is 4.74 Å². The highest BCUT2D eigenvalue weighted by atomic mass is 32.1. The van der Waals surface area contributed by atoms with Gasteiger partial charge in [-0.05, 0) is 37.7 Å². The van der Waals surface area contributed by atoms with Gasteiger partial charge in [0.15, 0.2) is 5.13 Å². The highest BCUT2D eigenvalue weighted by Gasteiger charge is 2.32. The fourth-order valence-corrected chi connectivity index (χ4v) is 5.26. The summed E-state index contributed by atoms with van der Waals surface area (Å²) >= 11 is 3.20. The van der Waals surface area contributed by atoms with Crippen molar-refractivity contribution in [3.05, 3.63) is 10.9 Å². The molecular weight excluding hydrogens is 330 g/mol. The van der Waals surface area contributed by atoms with E-state index in [-0.39, 0.29) is 11.9 Å². The topological polar surface area (TPSA) is 54.5 Å². The van der Waals surface area contributed by atoms with Crippen LogP contribution in [0, 0.1) is 5.92 Å². The second-order valence-electron chi connectivity index (χ2n) is 6.34. The molecule has 0 aromatic carbocycles. The maximum Gasteiger partial charge on any atom is 0.261 e. The van der Waals surface area contributed by atoms with E-state index in [0.29, 0.717) is 12.5 Å². The highest BCUT2D eigenvalue weighted by molar-refractivity contribution is 7.29. The van der Waals surface area contributed by atoms with Gasteiger partial charge in [0.05, 0.1) is 22.2 Å². The Morgan fingerprint density at radius 1 is 1.43 bits per heavy atom. The Morgan fingerprint density at radius 2 is 2.22 bits per heavy atom. The first kappa shape index (κ1) is 15.4. The molecule has 23 heavy (non-hydrogen) atoms. The Kier molecular flexibility index (Phi) is 4.26. The van der Waals surface area contributed by atoms with Crippen molar-refractivity contribution in [3.8, 4) is 0 Å². The molecule has 0 spiro atoms. The maximum atomic E-state index is 12.5. The number of hydrogen-bond acceptors (Lipinski definition) is 6. The van der Waals surface area contributed by atoms with Gasteiger partial charge >= 0.3 is 0 Å². The molecule has 1 unspecified atom stereocenters. The maximum absolute atomic E-state index is 12.5. The Morgan fingerprint density at radius 3 is 2.87 bits per heavy atom. The molecule has 3 heterocycles. The van der Waals surface area contributed by atoms with Crippen LogP contribution in [0.5, 0.6) is 0 Å². The molecule has 4 rings (SSSR count). The van der Waals surface area contributed by atoms with Crippen molar-refractivity contribution in [1.82, 2.24) is 10.3 Å².